The maximum atomic E-state index is 12.6. The largest absolute Gasteiger partial charge is 0.492 e. The lowest BCUT2D eigenvalue weighted by molar-refractivity contribution is -0.138. The fourth-order valence-corrected chi connectivity index (χ4v) is 1.11. The highest BCUT2D eigenvalue weighted by Gasteiger charge is 2.34. The molecule has 0 spiro atoms. The normalized spacial score (nSPS) is 10.9. The number of ether oxygens (including phenoxy) is 1. The Kier molecular flexibility index (Phi) is 3.67. The first-order chi connectivity index (χ1) is 7.45. The van der Waals surface area contributed by atoms with Crippen molar-refractivity contribution >= 4 is 5.69 Å². The second-order valence-electron chi connectivity index (χ2n) is 3.06. The number of alkyl halides is 3. The van der Waals surface area contributed by atoms with Crippen LogP contribution >= 0.6 is 0 Å². The van der Waals surface area contributed by atoms with Crippen LogP contribution in [0.5, 0.6) is 5.75 Å². The van der Waals surface area contributed by atoms with E-state index in [0.717, 1.165) is 6.07 Å². The Morgan fingerprint density at radius 1 is 1.38 bits per heavy atom. The summed E-state index contributed by atoms with van der Waals surface area (Å²) in [5.41, 5.74) is 4.44. The number of terminal acetylenes is 1. The lowest BCUT2D eigenvalue weighted by Gasteiger charge is -2.13. The molecule has 0 amide bonds. The number of hydrogen-bond donors (Lipinski definition) is 1. The van der Waals surface area contributed by atoms with Crippen molar-refractivity contribution in [3.8, 4) is 18.1 Å². The molecule has 0 aromatic heterocycles. The molecule has 0 radical (unpaired) electrons. The van der Waals surface area contributed by atoms with Crippen LogP contribution < -0.4 is 10.5 Å². The highest BCUT2D eigenvalue weighted by molar-refractivity contribution is 5.49. The van der Waals surface area contributed by atoms with Gasteiger partial charge in [-0.15, -0.1) is 12.3 Å². The van der Waals surface area contributed by atoms with E-state index in [1.807, 2.05) is 0 Å². The lowest BCUT2D eigenvalue weighted by Crippen LogP contribution is -2.10. The molecule has 1 aromatic rings. The Bertz CT molecular complexity index is 407. The van der Waals surface area contributed by atoms with E-state index in [4.69, 9.17) is 16.9 Å². The molecule has 0 saturated carbocycles. The molecule has 0 aliphatic carbocycles. The Morgan fingerprint density at radius 2 is 2.06 bits per heavy atom. The fraction of sp³-hybridized carbons (Fsp3) is 0.273. The van der Waals surface area contributed by atoms with Crippen molar-refractivity contribution in [2.45, 2.75) is 12.6 Å². The van der Waals surface area contributed by atoms with Gasteiger partial charge in [0.25, 0.3) is 0 Å². The Morgan fingerprint density at radius 3 is 2.62 bits per heavy atom. The molecule has 86 valence electrons. The molecule has 0 aliphatic rings. The van der Waals surface area contributed by atoms with Crippen molar-refractivity contribution in [1.82, 2.24) is 0 Å². The van der Waals surface area contributed by atoms with E-state index in [1.54, 1.807) is 0 Å². The van der Waals surface area contributed by atoms with Crippen molar-refractivity contribution in [3.63, 3.8) is 0 Å². The molecule has 0 bridgehead atoms. The van der Waals surface area contributed by atoms with Gasteiger partial charge in [-0.1, -0.05) is 0 Å². The van der Waals surface area contributed by atoms with Crippen molar-refractivity contribution in [3.05, 3.63) is 23.8 Å². The minimum absolute atomic E-state index is 0.0385. The zero-order chi connectivity index (χ0) is 12.2. The first-order valence-electron chi connectivity index (χ1n) is 4.48. The van der Waals surface area contributed by atoms with Crippen LogP contribution in [0.4, 0.5) is 18.9 Å². The second-order valence-corrected chi connectivity index (χ2v) is 3.06. The van der Waals surface area contributed by atoms with Crippen LogP contribution in [0.3, 0.4) is 0 Å². The number of hydrogen-bond acceptors (Lipinski definition) is 2. The van der Waals surface area contributed by atoms with Crippen LogP contribution in [0.15, 0.2) is 18.2 Å². The van der Waals surface area contributed by atoms with Gasteiger partial charge in [0.1, 0.15) is 5.75 Å². The summed E-state index contributed by atoms with van der Waals surface area (Å²) >= 11 is 0. The smallest absolute Gasteiger partial charge is 0.420 e. The Hall–Kier alpha value is -1.83. The van der Waals surface area contributed by atoms with Gasteiger partial charge in [-0.05, 0) is 18.2 Å². The van der Waals surface area contributed by atoms with Crippen LogP contribution in [0.25, 0.3) is 0 Å². The van der Waals surface area contributed by atoms with E-state index in [0.29, 0.717) is 0 Å². The monoisotopic (exact) mass is 229 g/mol. The molecule has 2 N–H and O–H groups in total. The molecule has 0 heterocycles. The molecule has 1 rings (SSSR count). The SMILES string of the molecule is C#CCCOc1ccc(N)cc1C(F)(F)F. The molecular formula is C11H10F3NO. The summed E-state index contributed by atoms with van der Waals surface area (Å²) in [7, 11) is 0. The van der Waals surface area contributed by atoms with E-state index in [9.17, 15) is 13.2 Å². The van der Waals surface area contributed by atoms with Gasteiger partial charge in [0.15, 0.2) is 0 Å². The first-order valence-corrected chi connectivity index (χ1v) is 4.48. The quantitative estimate of drug-likeness (QED) is 0.491. The fourth-order valence-electron chi connectivity index (χ4n) is 1.11. The van der Waals surface area contributed by atoms with E-state index < -0.39 is 11.7 Å². The summed E-state index contributed by atoms with van der Waals surface area (Å²) in [4.78, 5) is 0. The minimum atomic E-state index is -4.49. The van der Waals surface area contributed by atoms with Gasteiger partial charge in [0.2, 0.25) is 0 Å². The second kappa shape index (κ2) is 4.79. The third kappa shape index (κ3) is 3.09. The Labute approximate surface area is 91.2 Å². The Balaban J connectivity index is 2.95. The van der Waals surface area contributed by atoms with Crippen LogP contribution in [0.2, 0.25) is 0 Å². The van der Waals surface area contributed by atoms with Crippen LogP contribution in [-0.4, -0.2) is 6.61 Å². The lowest BCUT2D eigenvalue weighted by atomic mass is 10.1. The van der Waals surface area contributed by atoms with Crippen LogP contribution in [-0.2, 0) is 6.18 Å². The van der Waals surface area contributed by atoms with Crippen molar-refractivity contribution in [2.75, 3.05) is 12.3 Å². The minimum Gasteiger partial charge on any atom is -0.492 e. The van der Waals surface area contributed by atoms with Gasteiger partial charge in [-0.25, -0.2) is 0 Å². The number of anilines is 1. The van der Waals surface area contributed by atoms with Gasteiger partial charge in [-0.3, -0.25) is 0 Å². The average molecular weight is 229 g/mol. The summed E-state index contributed by atoms with van der Waals surface area (Å²) in [5, 5.41) is 0. The molecule has 0 saturated heterocycles. The van der Waals surface area contributed by atoms with Crippen molar-refractivity contribution < 1.29 is 17.9 Å². The highest BCUT2D eigenvalue weighted by atomic mass is 19.4. The van der Waals surface area contributed by atoms with E-state index in [-0.39, 0.29) is 24.5 Å². The van der Waals surface area contributed by atoms with E-state index in [2.05, 4.69) is 5.92 Å². The summed E-state index contributed by atoms with van der Waals surface area (Å²) in [5.74, 6) is 2.02. The summed E-state index contributed by atoms with van der Waals surface area (Å²) < 4.78 is 42.6. The molecule has 5 heteroatoms. The molecule has 0 unspecified atom stereocenters. The topological polar surface area (TPSA) is 35.2 Å². The predicted octanol–water partition coefficient (Wildman–Crippen LogP) is 2.69. The molecule has 0 fully saturated rings. The number of halogens is 3. The number of benzene rings is 1. The maximum Gasteiger partial charge on any atom is 0.420 e. The highest BCUT2D eigenvalue weighted by Crippen LogP contribution is 2.37. The maximum absolute atomic E-state index is 12.6. The van der Waals surface area contributed by atoms with Crippen molar-refractivity contribution in [2.24, 2.45) is 0 Å². The van der Waals surface area contributed by atoms with Gasteiger partial charge in [0.05, 0.1) is 12.2 Å². The average Bonchev–Trinajstić information content (AvgIpc) is 2.19. The summed E-state index contributed by atoms with van der Waals surface area (Å²) in [6.07, 6.45) is 0.735. The standard InChI is InChI=1S/C11H10F3NO/c1-2-3-6-16-10-5-4-8(15)7-9(10)11(12,13)14/h1,4-5,7H,3,6,15H2. The first kappa shape index (κ1) is 12.2. The zero-order valence-electron chi connectivity index (χ0n) is 8.34. The zero-order valence-corrected chi connectivity index (χ0v) is 8.34. The summed E-state index contributed by atoms with van der Waals surface area (Å²) in [6.45, 7) is 0.0451. The summed E-state index contributed by atoms with van der Waals surface area (Å²) in [6, 6.07) is 3.38. The number of nitrogen functional groups attached to an aromatic ring is 1. The third-order valence-electron chi connectivity index (χ3n) is 1.81. The van der Waals surface area contributed by atoms with Crippen molar-refractivity contribution in [1.29, 1.82) is 0 Å². The molecule has 0 atom stereocenters. The number of nitrogens with two attached hydrogens (primary N) is 1. The van der Waals surface area contributed by atoms with E-state index in [1.165, 1.54) is 12.1 Å². The van der Waals surface area contributed by atoms with Gasteiger partial charge < -0.3 is 10.5 Å². The number of rotatable bonds is 3. The molecular weight excluding hydrogens is 219 g/mol. The molecule has 2 nitrogen and oxygen atoms in total. The van der Waals surface area contributed by atoms with E-state index >= 15 is 0 Å². The van der Waals surface area contributed by atoms with Crippen LogP contribution in [0.1, 0.15) is 12.0 Å². The molecule has 1 aromatic carbocycles. The van der Waals surface area contributed by atoms with Crippen LogP contribution in [0, 0.1) is 12.3 Å². The predicted molar refractivity (Wildman–Crippen MR) is 54.8 cm³/mol. The van der Waals surface area contributed by atoms with Gasteiger partial charge in [-0.2, -0.15) is 13.2 Å². The molecule has 0 aliphatic heterocycles. The van der Waals surface area contributed by atoms with Gasteiger partial charge in [0, 0.05) is 12.1 Å². The van der Waals surface area contributed by atoms with Gasteiger partial charge >= 0.3 is 6.18 Å². The third-order valence-corrected chi connectivity index (χ3v) is 1.81. The molecule has 16 heavy (non-hydrogen) atoms.